The second-order valence-corrected chi connectivity index (χ2v) is 4.57. The molecule has 0 spiro atoms. The number of carbonyl (C=O) groups excluding carboxylic acids is 1. The zero-order chi connectivity index (χ0) is 14.1. The van der Waals surface area contributed by atoms with Crippen LogP contribution in [0.5, 0.6) is 0 Å². The van der Waals surface area contributed by atoms with Gasteiger partial charge in [-0.3, -0.25) is 0 Å². The van der Waals surface area contributed by atoms with Crippen LogP contribution in [0, 0.1) is 23.7 Å². The maximum atomic E-state index is 11.3. The van der Waals surface area contributed by atoms with Crippen molar-refractivity contribution in [3.05, 3.63) is 12.7 Å². The lowest BCUT2D eigenvalue weighted by Crippen LogP contribution is -2.32. The summed E-state index contributed by atoms with van der Waals surface area (Å²) in [6.07, 6.45) is 4.84. The van der Waals surface area contributed by atoms with Gasteiger partial charge in [0.05, 0.1) is 0 Å². The molecule has 104 valence electrons. The van der Waals surface area contributed by atoms with Crippen LogP contribution in [-0.4, -0.2) is 30.3 Å². The van der Waals surface area contributed by atoms with Crippen molar-refractivity contribution in [2.75, 3.05) is 13.2 Å². The van der Waals surface area contributed by atoms with Crippen LogP contribution >= 0.6 is 0 Å². The fraction of sp³-hybridized carbons (Fsp3) is 0.571. The van der Waals surface area contributed by atoms with Gasteiger partial charge >= 0.3 is 12.1 Å². The Kier molecular flexibility index (Phi) is 6.51. The summed E-state index contributed by atoms with van der Waals surface area (Å²) in [6, 6.07) is 0. The fourth-order valence-corrected chi connectivity index (χ4v) is 2.18. The number of rotatable bonds is 4. The van der Waals surface area contributed by atoms with E-state index in [1.54, 1.807) is 0 Å². The third-order valence-electron chi connectivity index (χ3n) is 3.03. The van der Waals surface area contributed by atoms with E-state index in [4.69, 9.17) is 9.84 Å². The van der Waals surface area contributed by atoms with Crippen LogP contribution in [0.1, 0.15) is 25.7 Å². The van der Waals surface area contributed by atoms with E-state index in [0.29, 0.717) is 12.5 Å². The van der Waals surface area contributed by atoms with E-state index < -0.39 is 12.1 Å². The highest BCUT2D eigenvalue weighted by Crippen LogP contribution is 2.28. The number of nitrogens with one attached hydrogen (secondary N) is 1. The molecule has 19 heavy (non-hydrogen) atoms. The van der Waals surface area contributed by atoms with Crippen LogP contribution in [0.15, 0.2) is 12.7 Å². The quantitative estimate of drug-likeness (QED) is 0.600. The topological polar surface area (TPSA) is 75.6 Å². The van der Waals surface area contributed by atoms with Crippen molar-refractivity contribution in [2.45, 2.75) is 25.7 Å². The summed E-state index contributed by atoms with van der Waals surface area (Å²) in [4.78, 5) is 21.6. The lowest BCUT2D eigenvalue weighted by Gasteiger charge is -2.26. The molecule has 0 saturated heterocycles. The SMILES string of the molecule is C=CCOC(=O)NC[C@H]1CCC[C@@H](C#CC(=O)O)C1. The van der Waals surface area contributed by atoms with E-state index in [1.165, 1.54) is 6.08 Å². The molecule has 0 bridgehead atoms. The Morgan fingerprint density at radius 3 is 2.95 bits per heavy atom. The average molecular weight is 265 g/mol. The molecule has 1 amide bonds. The van der Waals surface area contributed by atoms with Crippen LogP contribution in [0.25, 0.3) is 0 Å². The molecule has 0 aromatic heterocycles. The van der Waals surface area contributed by atoms with Crippen LogP contribution < -0.4 is 5.32 Å². The molecule has 0 aromatic carbocycles. The fourth-order valence-electron chi connectivity index (χ4n) is 2.18. The first-order chi connectivity index (χ1) is 9.11. The van der Waals surface area contributed by atoms with Gasteiger partial charge in [0.15, 0.2) is 0 Å². The van der Waals surface area contributed by atoms with Crippen molar-refractivity contribution in [1.29, 1.82) is 0 Å². The van der Waals surface area contributed by atoms with Gasteiger partial charge in [-0.1, -0.05) is 25.0 Å². The number of hydrogen-bond donors (Lipinski definition) is 2. The number of carboxylic acids is 1. The zero-order valence-electron chi connectivity index (χ0n) is 10.9. The predicted octanol–water partition coefficient (Wildman–Crippen LogP) is 1.79. The highest BCUT2D eigenvalue weighted by molar-refractivity contribution is 5.86. The van der Waals surface area contributed by atoms with E-state index in [2.05, 4.69) is 23.7 Å². The summed E-state index contributed by atoms with van der Waals surface area (Å²) in [5, 5.41) is 11.2. The smallest absolute Gasteiger partial charge is 0.407 e. The van der Waals surface area contributed by atoms with E-state index in [9.17, 15) is 9.59 Å². The van der Waals surface area contributed by atoms with Gasteiger partial charge in [0, 0.05) is 18.4 Å². The Bertz CT molecular complexity index is 394. The molecule has 0 unspecified atom stereocenters. The molecule has 1 aliphatic rings. The molecule has 5 nitrogen and oxygen atoms in total. The molecular weight excluding hydrogens is 246 g/mol. The largest absolute Gasteiger partial charge is 0.472 e. The summed E-state index contributed by atoms with van der Waals surface area (Å²) in [5.41, 5.74) is 0. The highest BCUT2D eigenvalue weighted by atomic mass is 16.5. The van der Waals surface area contributed by atoms with Gasteiger partial charge in [0.25, 0.3) is 0 Å². The minimum absolute atomic E-state index is 0.112. The van der Waals surface area contributed by atoms with E-state index in [-0.39, 0.29) is 12.5 Å². The Morgan fingerprint density at radius 2 is 2.26 bits per heavy atom. The zero-order valence-corrected chi connectivity index (χ0v) is 10.9. The molecule has 5 heteroatoms. The van der Waals surface area contributed by atoms with Gasteiger partial charge in [-0.2, -0.15) is 0 Å². The van der Waals surface area contributed by atoms with Crippen LogP contribution in [0.2, 0.25) is 0 Å². The van der Waals surface area contributed by atoms with E-state index in [0.717, 1.165) is 25.7 Å². The number of carboxylic acid groups (broad SMARTS) is 1. The normalized spacial score (nSPS) is 21.7. The van der Waals surface area contributed by atoms with Crippen molar-refractivity contribution in [3.8, 4) is 11.8 Å². The minimum atomic E-state index is -1.09. The Hall–Kier alpha value is -1.96. The van der Waals surface area contributed by atoms with Crippen molar-refractivity contribution in [3.63, 3.8) is 0 Å². The third kappa shape index (κ3) is 6.51. The van der Waals surface area contributed by atoms with Gasteiger partial charge in [-0.15, -0.1) is 0 Å². The summed E-state index contributed by atoms with van der Waals surface area (Å²) < 4.78 is 4.81. The van der Waals surface area contributed by atoms with Gasteiger partial charge in [0.1, 0.15) is 6.61 Å². The van der Waals surface area contributed by atoms with Crippen LogP contribution in [0.4, 0.5) is 4.79 Å². The summed E-state index contributed by atoms with van der Waals surface area (Å²) >= 11 is 0. The standard InChI is InChI=1S/C14H19NO4/c1-2-8-19-14(18)15-10-12-5-3-4-11(9-12)6-7-13(16)17/h2,11-12H,1,3-5,8-10H2,(H,15,18)(H,16,17)/t11-,12-/m0/s1. The minimum Gasteiger partial charge on any atom is -0.472 e. The van der Waals surface area contributed by atoms with Crippen molar-refractivity contribution in [2.24, 2.45) is 11.8 Å². The molecule has 1 saturated carbocycles. The molecule has 2 atom stereocenters. The third-order valence-corrected chi connectivity index (χ3v) is 3.03. The van der Waals surface area contributed by atoms with Crippen molar-refractivity contribution >= 4 is 12.1 Å². The number of hydrogen-bond acceptors (Lipinski definition) is 3. The van der Waals surface area contributed by atoms with Gasteiger partial charge < -0.3 is 15.2 Å². The van der Waals surface area contributed by atoms with Crippen LogP contribution in [-0.2, 0) is 9.53 Å². The molecule has 0 heterocycles. The highest BCUT2D eigenvalue weighted by Gasteiger charge is 2.21. The Morgan fingerprint density at radius 1 is 1.47 bits per heavy atom. The second kappa shape index (κ2) is 8.20. The maximum absolute atomic E-state index is 11.3. The van der Waals surface area contributed by atoms with Gasteiger partial charge in [-0.25, -0.2) is 9.59 Å². The molecule has 0 radical (unpaired) electrons. The number of carbonyl (C=O) groups is 2. The molecule has 1 aliphatic carbocycles. The number of aliphatic carboxylic acids is 1. The summed E-state index contributed by atoms with van der Waals surface area (Å²) in [5.74, 6) is 4.29. The molecule has 2 N–H and O–H groups in total. The Labute approximate surface area is 113 Å². The maximum Gasteiger partial charge on any atom is 0.407 e. The van der Waals surface area contributed by atoms with E-state index in [1.807, 2.05) is 0 Å². The number of amides is 1. The number of alkyl carbamates (subject to hydrolysis) is 1. The lowest BCUT2D eigenvalue weighted by molar-refractivity contribution is -0.130. The predicted molar refractivity (Wildman–Crippen MR) is 70.4 cm³/mol. The first-order valence-electron chi connectivity index (χ1n) is 6.37. The molecule has 0 aromatic rings. The molecule has 1 rings (SSSR count). The second-order valence-electron chi connectivity index (χ2n) is 4.57. The molecule has 1 fully saturated rings. The van der Waals surface area contributed by atoms with Crippen molar-refractivity contribution < 1.29 is 19.4 Å². The first kappa shape index (κ1) is 15.1. The van der Waals surface area contributed by atoms with Gasteiger partial charge in [0.2, 0.25) is 0 Å². The summed E-state index contributed by atoms with van der Waals surface area (Å²) in [7, 11) is 0. The monoisotopic (exact) mass is 265 g/mol. The first-order valence-corrected chi connectivity index (χ1v) is 6.37. The van der Waals surface area contributed by atoms with Gasteiger partial charge in [-0.05, 0) is 25.2 Å². The molecule has 0 aliphatic heterocycles. The Balaban J connectivity index is 2.31. The lowest BCUT2D eigenvalue weighted by atomic mass is 9.82. The van der Waals surface area contributed by atoms with Crippen LogP contribution in [0.3, 0.4) is 0 Å². The van der Waals surface area contributed by atoms with Crippen molar-refractivity contribution in [1.82, 2.24) is 5.32 Å². The average Bonchev–Trinajstić information content (AvgIpc) is 2.41. The van der Waals surface area contributed by atoms with E-state index >= 15 is 0 Å². The summed E-state index contributed by atoms with van der Waals surface area (Å²) in [6.45, 7) is 4.20. The number of ether oxygens (including phenoxy) is 1. The molecular formula is C14H19NO4.